The van der Waals surface area contributed by atoms with Crippen molar-refractivity contribution in [3.63, 3.8) is 0 Å². The van der Waals surface area contributed by atoms with Crippen molar-refractivity contribution in [3.05, 3.63) is 54.1 Å². The monoisotopic (exact) mass is 297 g/mol. The van der Waals surface area contributed by atoms with Gasteiger partial charge in [0.2, 0.25) is 5.91 Å². The number of fused-ring (bicyclic) bond motifs is 1. The fourth-order valence-corrected chi connectivity index (χ4v) is 3.00. The third-order valence-corrected chi connectivity index (χ3v) is 4.17. The molecule has 1 amide bonds. The molecule has 0 aliphatic rings. The number of carbonyl (C=O) groups is 1. The predicted molar refractivity (Wildman–Crippen MR) is 87.4 cm³/mol. The number of aromatic nitrogens is 1. The molecule has 21 heavy (non-hydrogen) atoms. The maximum absolute atomic E-state index is 12.0. The van der Waals surface area contributed by atoms with Crippen LogP contribution in [0.25, 0.3) is 10.2 Å². The molecule has 5 heteroatoms. The van der Waals surface area contributed by atoms with E-state index in [1.807, 2.05) is 48.5 Å². The minimum atomic E-state index is -0.0442. The second-order valence-corrected chi connectivity index (χ2v) is 5.76. The molecule has 3 N–H and O–H groups in total. The molecule has 106 valence electrons. The van der Waals surface area contributed by atoms with Gasteiger partial charge in [0, 0.05) is 12.1 Å². The van der Waals surface area contributed by atoms with Gasteiger partial charge in [0.15, 0.2) is 5.13 Å². The summed E-state index contributed by atoms with van der Waals surface area (Å²) in [5, 5.41) is 3.49. The van der Waals surface area contributed by atoms with Gasteiger partial charge in [0.25, 0.3) is 0 Å². The fourth-order valence-electron chi connectivity index (χ4n) is 2.12. The average Bonchev–Trinajstić information content (AvgIpc) is 2.88. The molecule has 0 unspecified atom stereocenters. The molecule has 0 saturated heterocycles. The van der Waals surface area contributed by atoms with Crippen LogP contribution in [0.3, 0.4) is 0 Å². The molecule has 0 saturated carbocycles. The Morgan fingerprint density at radius 1 is 1.14 bits per heavy atom. The number of nitrogens with two attached hydrogens (primary N) is 1. The first-order valence-electron chi connectivity index (χ1n) is 6.71. The fraction of sp³-hybridized carbons (Fsp3) is 0.125. The Balaban J connectivity index is 1.62. The molecular weight excluding hydrogens is 282 g/mol. The van der Waals surface area contributed by atoms with E-state index in [-0.39, 0.29) is 5.91 Å². The van der Waals surface area contributed by atoms with E-state index in [1.54, 1.807) is 0 Å². The number of hydrogen-bond acceptors (Lipinski definition) is 4. The summed E-state index contributed by atoms with van der Waals surface area (Å²) in [5.41, 5.74) is 8.50. The van der Waals surface area contributed by atoms with E-state index in [0.29, 0.717) is 18.0 Å². The second kappa shape index (κ2) is 5.93. The lowest BCUT2D eigenvalue weighted by Gasteiger charge is -2.04. The average molecular weight is 297 g/mol. The van der Waals surface area contributed by atoms with Crippen molar-refractivity contribution in [3.8, 4) is 0 Å². The van der Waals surface area contributed by atoms with E-state index >= 15 is 0 Å². The van der Waals surface area contributed by atoms with Crippen molar-refractivity contribution in [2.75, 3.05) is 11.1 Å². The van der Waals surface area contributed by atoms with Gasteiger partial charge in [-0.15, -0.1) is 0 Å². The van der Waals surface area contributed by atoms with Crippen LogP contribution in [0.1, 0.15) is 12.0 Å². The van der Waals surface area contributed by atoms with E-state index < -0.39 is 0 Å². The zero-order chi connectivity index (χ0) is 14.7. The minimum Gasteiger partial charge on any atom is -0.399 e. The van der Waals surface area contributed by atoms with Gasteiger partial charge < -0.3 is 11.1 Å². The molecule has 4 nitrogen and oxygen atoms in total. The molecule has 1 aromatic heterocycles. The highest BCUT2D eigenvalue weighted by Gasteiger charge is 2.08. The number of anilines is 2. The quantitative estimate of drug-likeness (QED) is 0.725. The topological polar surface area (TPSA) is 68.0 Å². The summed E-state index contributed by atoms with van der Waals surface area (Å²) < 4.78 is 1.07. The van der Waals surface area contributed by atoms with Crippen LogP contribution in [0.15, 0.2) is 48.5 Å². The number of aryl methyl sites for hydroxylation is 1. The van der Waals surface area contributed by atoms with Crippen molar-refractivity contribution < 1.29 is 4.79 Å². The number of carbonyl (C=O) groups excluding carboxylic acids is 1. The van der Waals surface area contributed by atoms with E-state index in [2.05, 4.69) is 10.3 Å². The Kier molecular flexibility index (Phi) is 3.83. The number of nitrogens with one attached hydrogen (secondary N) is 1. The number of nitrogen functional groups attached to an aromatic ring is 1. The minimum absolute atomic E-state index is 0.0442. The number of rotatable bonds is 4. The second-order valence-electron chi connectivity index (χ2n) is 4.73. The summed E-state index contributed by atoms with van der Waals surface area (Å²) in [4.78, 5) is 16.4. The highest BCUT2D eigenvalue weighted by molar-refractivity contribution is 7.22. The lowest BCUT2D eigenvalue weighted by atomic mass is 10.1. The van der Waals surface area contributed by atoms with Crippen molar-refractivity contribution in [1.29, 1.82) is 0 Å². The molecule has 3 aromatic rings. The molecule has 0 radical (unpaired) electrons. The van der Waals surface area contributed by atoms with Crippen LogP contribution in [0.2, 0.25) is 0 Å². The van der Waals surface area contributed by atoms with Gasteiger partial charge in [-0.25, -0.2) is 4.98 Å². The number of thiazole rings is 1. The van der Waals surface area contributed by atoms with Gasteiger partial charge in [-0.1, -0.05) is 41.7 Å². The van der Waals surface area contributed by atoms with Crippen LogP contribution in [-0.2, 0) is 11.2 Å². The molecule has 3 rings (SSSR count). The van der Waals surface area contributed by atoms with Gasteiger partial charge >= 0.3 is 0 Å². The van der Waals surface area contributed by atoms with Crippen molar-refractivity contribution >= 4 is 38.3 Å². The first kappa shape index (κ1) is 13.6. The molecule has 0 aliphatic heterocycles. The first-order valence-corrected chi connectivity index (χ1v) is 7.53. The first-order chi connectivity index (χ1) is 10.2. The van der Waals surface area contributed by atoms with Gasteiger partial charge in [-0.3, -0.25) is 4.79 Å². The van der Waals surface area contributed by atoms with Crippen LogP contribution in [0.5, 0.6) is 0 Å². The number of hydrogen-bond donors (Lipinski definition) is 2. The summed E-state index contributed by atoms with van der Waals surface area (Å²) in [7, 11) is 0. The van der Waals surface area contributed by atoms with Gasteiger partial charge in [-0.05, 0) is 30.2 Å². The zero-order valence-corrected chi connectivity index (χ0v) is 12.2. The molecule has 0 aliphatic carbocycles. The SMILES string of the molecule is Nc1ccccc1CCC(=O)Nc1nc2ccccc2s1. The van der Waals surface area contributed by atoms with Crippen molar-refractivity contribution in [2.24, 2.45) is 0 Å². The van der Waals surface area contributed by atoms with Gasteiger partial charge in [0.1, 0.15) is 0 Å². The smallest absolute Gasteiger partial charge is 0.226 e. The lowest BCUT2D eigenvalue weighted by Crippen LogP contribution is -2.12. The van der Waals surface area contributed by atoms with Gasteiger partial charge in [-0.2, -0.15) is 0 Å². The third-order valence-electron chi connectivity index (χ3n) is 3.22. The zero-order valence-electron chi connectivity index (χ0n) is 11.4. The molecular formula is C16H15N3OS. The highest BCUT2D eigenvalue weighted by Crippen LogP contribution is 2.25. The lowest BCUT2D eigenvalue weighted by molar-refractivity contribution is -0.116. The van der Waals surface area contributed by atoms with Crippen LogP contribution >= 0.6 is 11.3 Å². The van der Waals surface area contributed by atoms with Gasteiger partial charge in [0.05, 0.1) is 10.2 Å². The molecule has 0 bridgehead atoms. The Hall–Kier alpha value is -2.40. The van der Waals surface area contributed by atoms with E-state index in [9.17, 15) is 4.79 Å². The third kappa shape index (κ3) is 3.20. The Morgan fingerprint density at radius 3 is 2.71 bits per heavy atom. The summed E-state index contributed by atoms with van der Waals surface area (Å²) in [5.74, 6) is -0.0442. The number of amides is 1. The molecule has 1 heterocycles. The Morgan fingerprint density at radius 2 is 1.90 bits per heavy atom. The molecule has 0 atom stereocenters. The largest absolute Gasteiger partial charge is 0.399 e. The van der Waals surface area contributed by atoms with E-state index in [1.165, 1.54) is 11.3 Å². The summed E-state index contributed by atoms with van der Waals surface area (Å²) >= 11 is 1.48. The Labute approximate surface area is 126 Å². The number of para-hydroxylation sites is 2. The molecule has 0 spiro atoms. The van der Waals surface area contributed by atoms with E-state index in [0.717, 1.165) is 21.5 Å². The van der Waals surface area contributed by atoms with Crippen LogP contribution in [0, 0.1) is 0 Å². The maximum atomic E-state index is 12.0. The molecule has 0 fully saturated rings. The number of benzene rings is 2. The summed E-state index contributed by atoms with van der Waals surface area (Å²) in [6.07, 6.45) is 1.02. The predicted octanol–water partition coefficient (Wildman–Crippen LogP) is 3.45. The standard InChI is InChI=1S/C16H15N3OS/c17-12-6-2-1-5-11(12)9-10-15(20)19-16-18-13-7-3-4-8-14(13)21-16/h1-8H,9-10,17H2,(H,18,19,20). The van der Waals surface area contributed by atoms with Crippen molar-refractivity contribution in [2.45, 2.75) is 12.8 Å². The molecule has 2 aromatic carbocycles. The van der Waals surface area contributed by atoms with Crippen LogP contribution in [0.4, 0.5) is 10.8 Å². The number of nitrogens with zero attached hydrogens (tertiary/aromatic N) is 1. The Bertz CT molecular complexity index is 749. The van der Waals surface area contributed by atoms with Crippen LogP contribution < -0.4 is 11.1 Å². The van der Waals surface area contributed by atoms with Crippen molar-refractivity contribution in [1.82, 2.24) is 4.98 Å². The normalized spacial score (nSPS) is 10.7. The van der Waals surface area contributed by atoms with E-state index in [4.69, 9.17) is 5.73 Å². The summed E-state index contributed by atoms with van der Waals surface area (Å²) in [6, 6.07) is 15.4. The van der Waals surface area contributed by atoms with Crippen LogP contribution in [-0.4, -0.2) is 10.9 Å². The summed E-state index contributed by atoms with van der Waals surface area (Å²) in [6.45, 7) is 0. The highest BCUT2D eigenvalue weighted by atomic mass is 32.1. The maximum Gasteiger partial charge on any atom is 0.226 e.